The molecule has 0 radical (unpaired) electrons. The molecule has 114 valence electrons. The first-order chi connectivity index (χ1) is 9.43. The SMILES string of the molecule is COC(=O)CC(C)NC(=O)C(NC(C)=O)C1CCCC1. The lowest BCUT2D eigenvalue weighted by Crippen LogP contribution is -2.52. The van der Waals surface area contributed by atoms with Gasteiger partial charge in [-0.1, -0.05) is 12.8 Å². The van der Waals surface area contributed by atoms with E-state index in [4.69, 9.17) is 0 Å². The van der Waals surface area contributed by atoms with Gasteiger partial charge in [-0.25, -0.2) is 0 Å². The van der Waals surface area contributed by atoms with Crippen molar-refractivity contribution in [3.05, 3.63) is 0 Å². The molecule has 0 aromatic heterocycles. The summed E-state index contributed by atoms with van der Waals surface area (Å²) in [6.07, 6.45) is 4.20. The quantitative estimate of drug-likeness (QED) is 0.705. The molecule has 0 aromatic carbocycles. The lowest BCUT2D eigenvalue weighted by Gasteiger charge is -2.25. The van der Waals surface area contributed by atoms with Crippen LogP contribution in [-0.4, -0.2) is 37.0 Å². The Bertz CT molecular complexity index is 364. The van der Waals surface area contributed by atoms with Gasteiger partial charge >= 0.3 is 5.97 Å². The fraction of sp³-hybridized carbons (Fsp3) is 0.786. The Balaban J connectivity index is 2.58. The van der Waals surface area contributed by atoms with Crippen LogP contribution in [0.3, 0.4) is 0 Å². The van der Waals surface area contributed by atoms with Crippen LogP contribution in [0.25, 0.3) is 0 Å². The number of esters is 1. The standard InChI is InChI=1S/C14H24N2O4/c1-9(8-12(18)20-3)15-14(19)13(16-10(2)17)11-6-4-5-7-11/h9,11,13H,4-8H2,1-3H3,(H,15,19)(H,16,17). The average Bonchev–Trinajstić information content (AvgIpc) is 2.88. The van der Waals surface area contributed by atoms with Gasteiger partial charge in [0.25, 0.3) is 0 Å². The number of nitrogens with one attached hydrogen (secondary N) is 2. The van der Waals surface area contributed by atoms with Crippen LogP contribution in [0.2, 0.25) is 0 Å². The van der Waals surface area contributed by atoms with E-state index in [-0.39, 0.29) is 36.2 Å². The highest BCUT2D eigenvalue weighted by molar-refractivity contribution is 5.87. The first-order valence-electron chi connectivity index (χ1n) is 7.08. The Hall–Kier alpha value is -1.59. The molecule has 0 spiro atoms. The lowest BCUT2D eigenvalue weighted by molar-refractivity contribution is -0.141. The van der Waals surface area contributed by atoms with Gasteiger partial charge in [-0.2, -0.15) is 0 Å². The van der Waals surface area contributed by atoms with E-state index >= 15 is 0 Å². The highest BCUT2D eigenvalue weighted by atomic mass is 16.5. The summed E-state index contributed by atoms with van der Waals surface area (Å²) >= 11 is 0. The van der Waals surface area contributed by atoms with Crippen molar-refractivity contribution in [1.29, 1.82) is 0 Å². The second-order valence-corrected chi connectivity index (χ2v) is 5.41. The number of ether oxygens (including phenoxy) is 1. The van der Waals surface area contributed by atoms with Crippen LogP contribution < -0.4 is 10.6 Å². The maximum Gasteiger partial charge on any atom is 0.307 e. The molecule has 6 nitrogen and oxygen atoms in total. The maximum atomic E-state index is 12.3. The Kier molecular flexibility index (Phi) is 6.48. The van der Waals surface area contributed by atoms with Crippen molar-refractivity contribution >= 4 is 17.8 Å². The van der Waals surface area contributed by atoms with Crippen LogP contribution in [0.4, 0.5) is 0 Å². The van der Waals surface area contributed by atoms with E-state index in [0.717, 1.165) is 25.7 Å². The van der Waals surface area contributed by atoms with Crippen LogP contribution in [-0.2, 0) is 19.1 Å². The first kappa shape index (κ1) is 16.5. The Morgan fingerprint density at radius 2 is 1.80 bits per heavy atom. The third-order valence-electron chi connectivity index (χ3n) is 3.60. The Labute approximate surface area is 119 Å². The Morgan fingerprint density at radius 1 is 1.20 bits per heavy atom. The first-order valence-corrected chi connectivity index (χ1v) is 7.08. The van der Waals surface area contributed by atoms with Gasteiger partial charge in [0.05, 0.1) is 13.5 Å². The summed E-state index contributed by atoms with van der Waals surface area (Å²) in [6, 6.07) is -0.817. The highest BCUT2D eigenvalue weighted by Crippen LogP contribution is 2.28. The molecule has 2 atom stereocenters. The lowest BCUT2D eigenvalue weighted by atomic mass is 9.97. The normalized spacial score (nSPS) is 18.1. The molecule has 20 heavy (non-hydrogen) atoms. The van der Waals surface area contributed by atoms with Gasteiger partial charge in [-0.15, -0.1) is 0 Å². The third kappa shape index (κ3) is 5.19. The van der Waals surface area contributed by atoms with Crippen molar-refractivity contribution in [1.82, 2.24) is 10.6 Å². The van der Waals surface area contributed by atoms with Crippen LogP contribution in [0.1, 0.15) is 46.0 Å². The topological polar surface area (TPSA) is 84.5 Å². The summed E-state index contributed by atoms with van der Waals surface area (Å²) < 4.78 is 4.57. The van der Waals surface area contributed by atoms with E-state index in [0.29, 0.717) is 0 Å². The van der Waals surface area contributed by atoms with E-state index in [1.54, 1.807) is 6.92 Å². The molecular formula is C14H24N2O4. The van der Waals surface area contributed by atoms with Crippen LogP contribution in [0.15, 0.2) is 0 Å². The molecule has 1 aliphatic carbocycles. The number of carbonyl (C=O) groups excluding carboxylic acids is 3. The van der Waals surface area contributed by atoms with Gasteiger partial charge in [-0.3, -0.25) is 14.4 Å². The van der Waals surface area contributed by atoms with E-state index in [2.05, 4.69) is 15.4 Å². The van der Waals surface area contributed by atoms with Crippen molar-refractivity contribution in [3.8, 4) is 0 Å². The van der Waals surface area contributed by atoms with E-state index in [9.17, 15) is 14.4 Å². The van der Waals surface area contributed by atoms with Gasteiger partial charge in [0.2, 0.25) is 11.8 Å². The molecule has 0 aliphatic heterocycles. The minimum Gasteiger partial charge on any atom is -0.469 e. The predicted molar refractivity (Wildman–Crippen MR) is 73.8 cm³/mol. The summed E-state index contributed by atoms with van der Waals surface area (Å²) in [5.41, 5.74) is 0. The zero-order valence-corrected chi connectivity index (χ0v) is 12.4. The molecule has 1 fully saturated rings. The molecule has 0 saturated heterocycles. The van der Waals surface area contributed by atoms with Crippen molar-refractivity contribution in [3.63, 3.8) is 0 Å². The smallest absolute Gasteiger partial charge is 0.307 e. The number of methoxy groups -OCH3 is 1. The van der Waals surface area contributed by atoms with Gasteiger partial charge < -0.3 is 15.4 Å². The van der Waals surface area contributed by atoms with Crippen molar-refractivity contribution < 1.29 is 19.1 Å². The van der Waals surface area contributed by atoms with Crippen molar-refractivity contribution in [2.24, 2.45) is 5.92 Å². The molecule has 6 heteroatoms. The molecule has 2 amide bonds. The van der Waals surface area contributed by atoms with E-state index in [1.165, 1.54) is 14.0 Å². The second-order valence-electron chi connectivity index (χ2n) is 5.41. The fourth-order valence-electron chi connectivity index (χ4n) is 2.62. The summed E-state index contributed by atoms with van der Waals surface area (Å²) in [5, 5.41) is 5.50. The molecule has 2 unspecified atom stereocenters. The van der Waals surface area contributed by atoms with Crippen LogP contribution in [0, 0.1) is 5.92 Å². The zero-order chi connectivity index (χ0) is 15.1. The monoisotopic (exact) mass is 284 g/mol. The number of carbonyl (C=O) groups is 3. The highest BCUT2D eigenvalue weighted by Gasteiger charge is 2.31. The zero-order valence-electron chi connectivity index (χ0n) is 12.4. The largest absolute Gasteiger partial charge is 0.469 e. The number of hydrogen-bond acceptors (Lipinski definition) is 4. The molecule has 2 N–H and O–H groups in total. The van der Waals surface area contributed by atoms with Gasteiger partial charge in [0, 0.05) is 13.0 Å². The summed E-state index contributed by atoms with van der Waals surface area (Å²) in [5.74, 6) is -0.611. The third-order valence-corrected chi connectivity index (χ3v) is 3.60. The van der Waals surface area contributed by atoms with Crippen molar-refractivity contribution in [2.75, 3.05) is 7.11 Å². The van der Waals surface area contributed by atoms with Crippen molar-refractivity contribution in [2.45, 2.75) is 58.0 Å². The van der Waals surface area contributed by atoms with Gasteiger partial charge in [0.1, 0.15) is 6.04 Å². The Morgan fingerprint density at radius 3 is 2.30 bits per heavy atom. The fourth-order valence-corrected chi connectivity index (χ4v) is 2.62. The summed E-state index contributed by atoms with van der Waals surface area (Å²) in [7, 11) is 1.31. The molecular weight excluding hydrogens is 260 g/mol. The molecule has 0 bridgehead atoms. The molecule has 1 rings (SSSR count). The molecule has 1 saturated carbocycles. The molecule has 0 heterocycles. The summed E-state index contributed by atoms with van der Waals surface area (Å²) in [6.45, 7) is 3.15. The minimum absolute atomic E-state index is 0.125. The summed E-state index contributed by atoms with van der Waals surface area (Å²) in [4.78, 5) is 34.7. The second kappa shape index (κ2) is 7.87. The number of rotatable bonds is 6. The van der Waals surface area contributed by atoms with Gasteiger partial charge in [0.15, 0.2) is 0 Å². The molecule has 1 aliphatic rings. The van der Waals surface area contributed by atoms with Crippen LogP contribution in [0.5, 0.6) is 0 Å². The average molecular weight is 284 g/mol. The molecule has 0 aromatic rings. The minimum atomic E-state index is -0.505. The van der Waals surface area contributed by atoms with Gasteiger partial charge in [-0.05, 0) is 25.7 Å². The predicted octanol–water partition coefficient (Wildman–Crippen LogP) is 0.749. The number of amides is 2. The van der Waals surface area contributed by atoms with E-state index < -0.39 is 6.04 Å². The van der Waals surface area contributed by atoms with E-state index in [1.807, 2.05) is 0 Å². The maximum absolute atomic E-state index is 12.3. The van der Waals surface area contributed by atoms with Crippen LogP contribution >= 0.6 is 0 Å². The number of hydrogen-bond donors (Lipinski definition) is 2.